The topological polar surface area (TPSA) is 55.0 Å². The molecule has 0 saturated carbocycles. The van der Waals surface area contributed by atoms with Crippen LogP contribution in [0.5, 0.6) is 0 Å². The Kier molecular flexibility index (Phi) is 3.28. The van der Waals surface area contributed by atoms with Gasteiger partial charge in [-0.1, -0.05) is 0 Å². The van der Waals surface area contributed by atoms with Gasteiger partial charge in [-0.3, -0.25) is 0 Å². The van der Waals surface area contributed by atoms with E-state index in [1.807, 2.05) is 31.9 Å². The van der Waals surface area contributed by atoms with Crippen molar-refractivity contribution >= 4 is 22.8 Å². The van der Waals surface area contributed by atoms with Crippen LogP contribution in [0, 0.1) is 13.8 Å². The molecular formula is C12H16N4S. The molecule has 0 radical (unpaired) electrons. The smallest absolute Gasteiger partial charge is 0.152 e. The third-order valence-electron chi connectivity index (χ3n) is 2.61. The maximum Gasteiger partial charge on any atom is 0.152 e. The molecule has 0 atom stereocenters. The Balaban J connectivity index is 2.20. The summed E-state index contributed by atoms with van der Waals surface area (Å²) in [7, 11) is 1.98. The van der Waals surface area contributed by atoms with Crippen LogP contribution in [0.3, 0.4) is 0 Å². The van der Waals surface area contributed by atoms with E-state index in [4.69, 9.17) is 5.73 Å². The van der Waals surface area contributed by atoms with E-state index in [2.05, 4.69) is 15.3 Å². The summed E-state index contributed by atoms with van der Waals surface area (Å²) < 4.78 is 0. The van der Waals surface area contributed by atoms with Crippen molar-refractivity contribution in [2.24, 2.45) is 0 Å². The van der Waals surface area contributed by atoms with Crippen LogP contribution >= 0.6 is 11.3 Å². The molecule has 2 heterocycles. The number of pyridine rings is 1. The summed E-state index contributed by atoms with van der Waals surface area (Å²) >= 11 is 1.66. The molecule has 5 heteroatoms. The van der Waals surface area contributed by atoms with Gasteiger partial charge in [-0.05, 0) is 25.5 Å². The summed E-state index contributed by atoms with van der Waals surface area (Å²) in [5.41, 5.74) is 8.86. The number of hydrogen-bond donors (Lipinski definition) is 1. The minimum atomic E-state index is 0.727. The first-order chi connectivity index (χ1) is 8.08. The van der Waals surface area contributed by atoms with Crippen molar-refractivity contribution in [3.8, 4) is 0 Å². The molecule has 2 aromatic heterocycles. The first-order valence-electron chi connectivity index (χ1n) is 5.41. The van der Waals surface area contributed by atoms with Crippen LogP contribution in [-0.2, 0) is 6.54 Å². The molecule has 0 aliphatic rings. The Morgan fingerprint density at radius 1 is 1.41 bits per heavy atom. The Morgan fingerprint density at radius 3 is 2.82 bits per heavy atom. The van der Waals surface area contributed by atoms with E-state index in [0.29, 0.717) is 0 Å². The van der Waals surface area contributed by atoms with Crippen molar-refractivity contribution in [1.29, 1.82) is 0 Å². The highest BCUT2D eigenvalue weighted by Gasteiger charge is 2.10. The molecule has 2 aromatic rings. The Hall–Kier alpha value is -1.62. The predicted octanol–water partition coefficient (Wildman–Crippen LogP) is 2.37. The maximum atomic E-state index is 6.02. The fourth-order valence-electron chi connectivity index (χ4n) is 1.66. The summed E-state index contributed by atoms with van der Waals surface area (Å²) in [5.74, 6) is 0.815. The number of rotatable bonds is 3. The second-order valence-corrected chi connectivity index (χ2v) is 5.14. The van der Waals surface area contributed by atoms with E-state index in [-0.39, 0.29) is 0 Å². The highest BCUT2D eigenvalue weighted by Crippen LogP contribution is 2.23. The minimum absolute atomic E-state index is 0.727. The fraction of sp³-hybridized carbons (Fsp3) is 0.333. The van der Waals surface area contributed by atoms with Crippen molar-refractivity contribution in [3.63, 3.8) is 0 Å². The zero-order valence-corrected chi connectivity index (χ0v) is 11.1. The first-order valence-corrected chi connectivity index (χ1v) is 6.29. The lowest BCUT2D eigenvalue weighted by Crippen LogP contribution is -2.19. The van der Waals surface area contributed by atoms with Gasteiger partial charge >= 0.3 is 0 Å². The Bertz CT molecular complexity index is 521. The maximum absolute atomic E-state index is 6.02. The standard InChI is InChI=1S/C12H16N4S/c1-8-4-5-14-12(11(8)13)16(3)6-10-7-17-9(2)15-10/h4-5,7H,6,13H2,1-3H3. The average Bonchev–Trinajstić information content (AvgIpc) is 2.68. The zero-order chi connectivity index (χ0) is 12.4. The van der Waals surface area contributed by atoms with E-state index >= 15 is 0 Å². The van der Waals surface area contributed by atoms with E-state index in [1.165, 1.54) is 0 Å². The van der Waals surface area contributed by atoms with Gasteiger partial charge in [-0.25, -0.2) is 9.97 Å². The van der Waals surface area contributed by atoms with Gasteiger partial charge < -0.3 is 10.6 Å². The zero-order valence-electron chi connectivity index (χ0n) is 10.3. The van der Waals surface area contributed by atoms with E-state index in [0.717, 1.165) is 34.3 Å². The molecule has 0 spiro atoms. The molecule has 17 heavy (non-hydrogen) atoms. The highest BCUT2D eigenvalue weighted by atomic mass is 32.1. The molecule has 0 amide bonds. The summed E-state index contributed by atoms with van der Waals surface area (Å²) in [4.78, 5) is 10.8. The fourth-order valence-corrected chi connectivity index (χ4v) is 2.26. The number of thiazole rings is 1. The monoisotopic (exact) mass is 248 g/mol. The average molecular weight is 248 g/mol. The van der Waals surface area contributed by atoms with Crippen molar-refractivity contribution in [2.75, 3.05) is 17.7 Å². The van der Waals surface area contributed by atoms with Crippen molar-refractivity contribution in [1.82, 2.24) is 9.97 Å². The molecule has 0 saturated heterocycles. The third-order valence-corrected chi connectivity index (χ3v) is 3.44. The van der Waals surface area contributed by atoms with Crippen LogP contribution in [0.25, 0.3) is 0 Å². The second kappa shape index (κ2) is 4.71. The van der Waals surface area contributed by atoms with Gasteiger partial charge in [0, 0.05) is 18.6 Å². The van der Waals surface area contributed by atoms with Gasteiger partial charge in [-0.15, -0.1) is 11.3 Å². The minimum Gasteiger partial charge on any atom is -0.396 e. The number of nitrogens with zero attached hydrogens (tertiary/aromatic N) is 3. The van der Waals surface area contributed by atoms with Gasteiger partial charge in [-0.2, -0.15) is 0 Å². The summed E-state index contributed by atoms with van der Waals surface area (Å²) in [6.07, 6.45) is 1.78. The molecule has 0 aliphatic carbocycles. The van der Waals surface area contributed by atoms with Crippen LogP contribution in [0.2, 0.25) is 0 Å². The lowest BCUT2D eigenvalue weighted by Gasteiger charge is -2.19. The first kappa shape index (κ1) is 11.9. The van der Waals surface area contributed by atoms with Crippen LogP contribution in [0.4, 0.5) is 11.5 Å². The summed E-state index contributed by atoms with van der Waals surface area (Å²) in [6.45, 7) is 4.72. The molecular weight excluding hydrogens is 232 g/mol. The van der Waals surface area contributed by atoms with Crippen LogP contribution < -0.4 is 10.6 Å². The van der Waals surface area contributed by atoms with Crippen molar-refractivity contribution in [2.45, 2.75) is 20.4 Å². The lowest BCUT2D eigenvalue weighted by molar-refractivity contribution is 0.871. The number of aryl methyl sites for hydroxylation is 2. The van der Waals surface area contributed by atoms with Gasteiger partial charge in [0.2, 0.25) is 0 Å². The van der Waals surface area contributed by atoms with Crippen LogP contribution in [-0.4, -0.2) is 17.0 Å². The summed E-state index contributed by atoms with van der Waals surface area (Å²) in [5, 5.41) is 3.15. The Labute approximate surface area is 105 Å². The van der Waals surface area contributed by atoms with Crippen LogP contribution in [0.15, 0.2) is 17.6 Å². The molecule has 2 N–H and O–H groups in total. The van der Waals surface area contributed by atoms with E-state index in [1.54, 1.807) is 17.5 Å². The molecule has 0 aromatic carbocycles. The van der Waals surface area contributed by atoms with Gasteiger partial charge in [0.1, 0.15) is 0 Å². The van der Waals surface area contributed by atoms with E-state index < -0.39 is 0 Å². The van der Waals surface area contributed by atoms with Gasteiger partial charge in [0.25, 0.3) is 0 Å². The lowest BCUT2D eigenvalue weighted by atomic mass is 10.2. The molecule has 0 bridgehead atoms. The number of aromatic nitrogens is 2. The Morgan fingerprint density at radius 2 is 2.18 bits per heavy atom. The predicted molar refractivity (Wildman–Crippen MR) is 72.3 cm³/mol. The normalized spacial score (nSPS) is 10.5. The quantitative estimate of drug-likeness (QED) is 0.906. The SMILES string of the molecule is Cc1nc(CN(C)c2nccc(C)c2N)cs1. The molecule has 4 nitrogen and oxygen atoms in total. The highest BCUT2D eigenvalue weighted by molar-refractivity contribution is 7.09. The van der Waals surface area contributed by atoms with Crippen LogP contribution in [0.1, 0.15) is 16.3 Å². The second-order valence-electron chi connectivity index (χ2n) is 4.08. The number of anilines is 2. The number of nitrogen functional groups attached to an aromatic ring is 1. The molecule has 0 unspecified atom stereocenters. The largest absolute Gasteiger partial charge is 0.396 e. The van der Waals surface area contributed by atoms with Gasteiger partial charge in [0.15, 0.2) is 5.82 Å². The molecule has 0 fully saturated rings. The molecule has 2 rings (SSSR count). The molecule has 90 valence electrons. The van der Waals surface area contributed by atoms with Crippen molar-refractivity contribution < 1.29 is 0 Å². The number of nitrogens with two attached hydrogens (primary N) is 1. The summed E-state index contributed by atoms with van der Waals surface area (Å²) in [6, 6.07) is 1.92. The number of hydrogen-bond acceptors (Lipinski definition) is 5. The van der Waals surface area contributed by atoms with E-state index in [9.17, 15) is 0 Å². The third kappa shape index (κ3) is 2.55. The van der Waals surface area contributed by atoms with Crippen molar-refractivity contribution in [3.05, 3.63) is 33.9 Å². The molecule has 0 aliphatic heterocycles. The van der Waals surface area contributed by atoms with Gasteiger partial charge in [0.05, 0.1) is 22.9 Å².